The molecule has 0 unspecified atom stereocenters. The molecule has 5 rings (SSSR count). The lowest BCUT2D eigenvalue weighted by Crippen LogP contribution is -2.53. The predicted molar refractivity (Wildman–Crippen MR) is 110 cm³/mol. The number of pyridine rings is 1. The summed E-state index contributed by atoms with van der Waals surface area (Å²) in [6, 6.07) is 5.27. The maximum atomic E-state index is 12.9. The van der Waals surface area contributed by atoms with Gasteiger partial charge in [0.2, 0.25) is 11.8 Å². The summed E-state index contributed by atoms with van der Waals surface area (Å²) in [5, 5.41) is 9.78. The van der Waals surface area contributed by atoms with E-state index in [1.807, 2.05) is 21.7 Å². The number of H-pyrrole nitrogens is 1. The van der Waals surface area contributed by atoms with Crippen molar-refractivity contribution >= 4 is 11.8 Å². The summed E-state index contributed by atoms with van der Waals surface area (Å²) in [4.78, 5) is 39.8. The number of amides is 2. The molecular weight excluding hydrogens is 382 g/mol. The van der Waals surface area contributed by atoms with Crippen molar-refractivity contribution in [1.82, 2.24) is 25.0 Å². The number of carbonyl (C=O) groups excluding carboxylic acids is 2. The predicted octanol–water partition coefficient (Wildman–Crippen LogP) is 1.22. The van der Waals surface area contributed by atoms with E-state index in [0.717, 1.165) is 30.5 Å². The topological polar surface area (TPSA) is 100 Å². The number of nitrogens with zero attached hydrogens (tertiary/aromatic N) is 3. The number of hydrogen-bond acceptors (Lipinski definition) is 4. The van der Waals surface area contributed by atoms with Crippen molar-refractivity contribution in [3.63, 3.8) is 0 Å². The third-order valence-corrected chi connectivity index (χ3v) is 6.77. The van der Waals surface area contributed by atoms with Gasteiger partial charge in [0.1, 0.15) is 0 Å². The standard InChI is InChI=1S/C22H27N5O3/c28-20(7-4-14-9-24-25-10-14)26-12-16-8-17(13-26)19(11-23-22(30)15-5-6-15)27-18(16)2-1-3-21(27)29/h1-3,9-10,15-17,19H,4-8,11-13H2,(H,23,30)(H,24,25)/t16-,17+,19+/m1/s1. The van der Waals surface area contributed by atoms with Crippen LogP contribution in [-0.2, 0) is 16.0 Å². The maximum Gasteiger partial charge on any atom is 0.251 e. The Bertz CT molecular complexity index is 994. The molecule has 2 fully saturated rings. The normalized spacial score (nSPS) is 24.9. The average molecular weight is 409 g/mol. The van der Waals surface area contributed by atoms with Gasteiger partial charge >= 0.3 is 0 Å². The Hall–Kier alpha value is -2.90. The van der Waals surface area contributed by atoms with Gasteiger partial charge < -0.3 is 14.8 Å². The molecule has 2 amide bonds. The fourth-order valence-corrected chi connectivity index (χ4v) is 5.03. The van der Waals surface area contributed by atoms with E-state index in [0.29, 0.717) is 32.5 Å². The fraction of sp³-hybridized carbons (Fsp3) is 0.545. The monoisotopic (exact) mass is 409 g/mol. The van der Waals surface area contributed by atoms with Crippen LogP contribution in [0.15, 0.2) is 35.4 Å². The summed E-state index contributed by atoms with van der Waals surface area (Å²) < 4.78 is 1.87. The molecule has 1 aliphatic carbocycles. The van der Waals surface area contributed by atoms with Gasteiger partial charge in [0.15, 0.2) is 0 Å². The molecule has 158 valence electrons. The fourth-order valence-electron chi connectivity index (χ4n) is 5.03. The molecule has 1 saturated carbocycles. The van der Waals surface area contributed by atoms with Crippen molar-refractivity contribution in [1.29, 1.82) is 0 Å². The zero-order chi connectivity index (χ0) is 20.7. The summed E-state index contributed by atoms with van der Waals surface area (Å²) in [6.07, 6.45) is 7.54. The molecular formula is C22H27N5O3. The van der Waals surface area contributed by atoms with Gasteiger partial charge in [0.25, 0.3) is 5.56 Å². The summed E-state index contributed by atoms with van der Waals surface area (Å²) >= 11 is 0. The van der Waals surface area contributed by atoms with Crippen molar-refractivity contribution in [3.8, 4) is 0 Å². The van der Waals surface area contributed by atoms with Gasteiger partial charge in [0, 0.05) is 55.8 Å². The lowest BCUT2D eigenvalue weighted by atomic mass is 9.78. The molecule has 0 spiro atoms. The molecule has 1 saturated heterocycles. The molecule has 8 heteroatoms. The van der Waals surface area contributed by atoms with Gasteiger partial charge in [-0.2, -0.15) is 5.10 Å². The zero-order valence-electron chi connectivity index (χ0n) is 16.9. The number of aromatic amines is 1. The molecule has 0 radical (unpaired) electrons. The van der Waals surface area contributed by atoms with Crippen LogP contribution in [0.4, 0.5) is 0 Å². The van der Waals surface area contributed by atoms with Gasteiger partial charge in [0.05, 0.1) is 12.2 Å². The Kier molecular flexibility index (Phi) is 4.92. The van der Waals surface area contributed by atoms with Gasteiger partial charge in [-0.3, -0.25) is 19.5 Å². The highest BCUT2D eigenvalue weighted by Gasteiger charge is 2.42. The van der Waals surface area contributed by atoms with E-state index in [4.69, 9.17) is 0 Å². The van der Waals surface area contributed by atoms with Crippen molar-refractivity contribution in [2.24, 2.45) is 11.8 Å². The lowest BCUT2D eigenvalue weighted by Gasteiger charge is -2.47. The Morgan fingerprint density at radius 3 is 2.87 bits per heavy atom. The summed E-state index contributed by atoms with van der Waals surface area (Å²) in [5.41, 5.74) is 1.99. The Morgan fingerprint density at radius 1 is 1.23 bits per heavy atom. The number of nitrogens with one attached hydrogen (secondary N) is 2. The largest absolute Gasteiger partial charge is 0.354 e. The second-order valence-corrected chi connectivity index (χ2v) is 8.84. The van der Waals surface area contributed by atoms with E-state index in [1.54, 1.807) is 18.3 Å². The Balaban J connectivity index is 1.34. The minimum atomic E-state index is -0.114. The van der Waals surface area contributed by atoms with Crippen LogP contribution in [-0.4, -0.2) is 51.1 Å². The number of aryl methyl sites for hydroxylation is 1. The highest BCUT2D eigenvalue weighted by atomic mass is 16.2. The number of rotatable bonds is 6. The first kappa shape index (κ1) is 19.1. The molecule has 2 aliphatic heterocycles. The number of piperidine rings is 1. The smallest absolute Gasteiger partial charge is 0.251 e. The van der Waals surface area contributed by atoms with Gasteiger partial charge in [-0.15, -0.1) is 0 Å². The first-order chi connectivity index (χ1) is 14.6. The van der Waals surface area contributed by atoms with Crippen LogP contribution in [0, 0.1) is 11.8 Å². The zero-order valence-corrected chi connectivity index (χ0v) is 16.9. The number of hydrogen-bond donors (Lipinski definition) is 2. The van der Waals surface area contributed by atoms with Crippen LogP contribution >= 0.6 is 0 Å². The minimum absolute atomic E-state index is 0.0207. The van der Waals surface area contributed by atoms with Gasteiger partial charge in [-0.25, -0.2) is 0 Å². The lowest BCUT2D eigenvalue weighted by molar-refractivity contribution is -0.134. The van der Waals surface area contributed by atoms with E-state index < -0.39 is 0 Å². The first-order valence-electron chi connectivity index (χ1n) is 10.8. The van der Waals surface area contributed by atoms with E-state index >= 15 is 0 Å². The molecule has 0 aromatic carbocycles. The average Bonchev–Trinajstić information content (AvgIpc) is 3.48. The third kappa shape index (κ3) is 3.66. The Morgan fingerprint density at radius 2 is 2.10 bits per heavy atom. The van der Waals surface area contributed by atoms with Crippen molar-refractivity contribution in [2.75, 3.05) is 19.6 Å². The quantitative estimate of drug-likeness (QED) is 0.749. The number of aromatic nitrogens is 3. The molecule has 2 aromatic heterocycles. The summed E-state index contributed by atoms with van der Waals surface area (Å²) in [5.74, 6) is 0.685. The van der Waals surface area contributed by atoms with Crippen molar-refractivity contribution in [3.05, 3.63) is 52.2 Å². The van der Waals surface area contributed by atoms with E-state index in [1.165, 1.54) is 0 Å². The minimum Gasteiger partial charge on any atom is -0.354 e. The van der Waals surface area contributed by atoms with Crippen molar-refractivity contribution < 1.29 is 9.59 Å². The van der Waals surface area contributed by atoms with Crippen LogP contribution in [0.1, 0.15) is 48.9 Å². The number of fused-ring (bicyclic) bond motifs is 4. The third-order valence-electron chi connectivity index (χ3n) is 6.77. The maximum absolute atomic E-state index is 12.9. The molecule has 30 heavy (non-hydrogen) atoms. The molecule has 2 aromatic rings. The molecule has 2 bridgehead atoms. The first-order valence-corrected chi connectivity index (χ1v) is 10.8. The van der Waals surface area contributed by atoms with E-state index in [9.17, 15) is 14.4 Å². The molecule has 3 aliphatic rings. The Labute approximate surface area is 174 Å². The van der Waals surface area contributed by atoms with Crippen LogP contribution in [0.2, 0.25) is 0 Å². The highest BCUT2D eigenvalue weighted by Crippen LogP contribution is 2.41. The molecule has 2 N–H and O–H groups in total. The van der Waals surface area contributed by atoms with Crippen LogP contribution in [0.5, 0.6) is 0 Å². The second-order valence-electron chi connectivity index (χ2n) is 8.84. The van der Waals surface area contributed by atoms with Crippen LogP contribution in [0.3, 0.4) is 0 Å². The van der Waals surface area contributed by atoms with Gasteiger partial charge in [-0.05, 0) is 43.2 Å². The summed E-state index contributed by atoms with van der Waals surface area (Å²) in [7, 11) is 0. The van der Waals surface area contributed by atoms with Crippen LogP contribution < -0.4 is 10.9 Å². The molecule has 3 atom stereocenters. The number of carbonyl (C=O) groups is 2. The van der Waals surface area contributed by atoms with E-state index in [-0.39, 0.29) is 41.2 Å². The molecule has 4 heterocycles. The SMILES string of the molecule is O=C(NC[C@H]1[C@H]2C[C@H](CN(C(=O)CCc3cn[nH]c3)C2)c2cccc(=O)n21)C1CC1. The molecule has 8 nitrogen and oxygen atoms in total. The highest BCUT2D eigenvalue weighted by molar-refractivity contribution is 5.80. The summed E-state index contributed by atoms with van der Waals surface area (Å²) in [6.45, 7) is 1.72. The number of likely N-dealkylation sites (tertiary alicyclic amines) is 1. The van der Waals surface area contributed by atoms with Gasteiger partial charge in [-0.1, -0.05) is 6.07 Å². The van der Waals surface area contributed by atoms with Crippen molar-refractivity contribution in [2.45, 2.75) is 44.1 Å². The van der Waals surface area contributed by atoms with E-state index in [2.05, 4.69) is 15.5 Å². The second kappa shape index (κ2) is 7.74. The van der Waals surface area contributed by atoms with Crippen LogP contribution in [0.25, 0.3) is 0 Å².